The van der Waals surface area contributed by atoms with Crippen LogP contribution in [0.5, 0.6) is 5.75 Å². The van der Waals surface area contributed by atoms with Gasteiger partial charge in [-0.1, -0.05) is 12.1 Å². The van der Waals surface area contributed by atoms with Gasteiger partial charge in [-0.15, -0.1) is 23.1 Å². The quantitative estimate of drug-likeness (QED) is 0.259. The first kappa shape index (κ1) is 20.2. The molecule has 0 aliphatic rings. The molecule has 0 saturated heterocycles. The summed E-state index contributed by atoms with van der Waals surface area (Å²) in [6.07, 6.45) is 0. The number of hydrogen-bond donors (Lipinski definition) is 1. The van der Waals surface area contributed by atoms with E-state index in [-0.39, 0.29) is 17.9 Å². The molecule has 0 amide bonds. The van der Waals surface area contributed by atoms with E-state index in [0.29, 0.717) is 27.8 Å². The molecular formula is C22H17NO5S2. The van der Waals surface area contributed by atoms with Crippen molar-refractivity contribution in [3.05, 3.63) is 86.2 Å². The number of carbonyl (C=O) groups excluding carboxylic acids is 1. The second kappa shape index (κ2) is 8.73. The van der Waals surface area contributed by atoms with Crippen molar-refractivity contribution < 1.29 is 19.1 Å². The van der Waals surface area contributed by atoms with Gasteiger partial charge in [0.15, 0.2) is 0 Å². The molecule has 1 N–H and O–H groups in total. The molecule has 0 aliphatic heterocycles. The minimum Gasteiger partial charge on any atom is -0.508 e. The van der Waals surface area contributed by atoms with Crippen LogP contribution < -0.4 is 5.63 Å². The van der Waals surface area contributed by atoms with Gasteiger partial charge < -0.3 is 14.3 Å². The van der Waals surface area contributed by atoms with Crippen LogP contribution >= 0.6 is 23.1 Å². The number of phenolic OH excluding ortho intramolecular Hbond substituents is 1. The number of thioether (sulfide) groups is 1. The Morgan fingerprint density at radius 3 is 2.90 bits per heavy atom. The Balaban J connectivity index is 1.55. The maximum Gasteiger partial charge on any atom is 0.339 e. The largest absolute Gasteiger partial charge is 0.508 e. The number of hydrogen-bond acceptors (Lipinski definition) is 8. The smallest absolute Gasteiger partial charge is 0.339 e. The van der Waals surface area contributed by atoms with E-state index in [2.05, 4.69) is 4.98 Å². The predicted octanol–water partition coefficient (Wildman–Crippen LogP) is 4.91. The normalized spacial score (nSPS) is 11.0. The fraction of sp³-hybridized carbons (Fsp3) is 0.136. The number of phenols is 1. The van der Waals surface area contributed by atoms with Crippen molar-refractivity contribution in [2.45, 2.75) is 24.2 Å². The summed E-state index contributed by atoms with van der Waals surface area (Å²) in [5.74, 6) is 0.208. The highest BCUT2D eigenvalue weighted by atomic mass is 32.2. The molecule has 0 aliphatic carbocycles. The van der Waals surface area contributed by atoms with E-state index < -0.39 is 11.6 Å². The Labute approximate surface area is 180 Å². The fourth-order valence-corrected chi connectivity index (χ4v) is 4.58. The highest BCUT2D eigenvalue weighted by Gasteiger charge is 2.16. The zero-order chi connectivity index (χ0) is 21.1. The molecule has 6 nitrogen and oxygen atoms in total. The summed E-state index contributed by atoms with van der Waals surface area (Å²) in [4.78, 5) is 29.7. The summed E-state index contributed by atoms with van der Waals surface area (Å²) in [5, 5.41) is 12.4. The third kappa shape index (κ3) is 4.24. The number of aromatic nitrogens is 1. The second-order valence-corrected chi connectivity index (χ2v) is 8.25. The lowest BCUT2D eigenvalue weighted by molar-refractivity contribution is 0.0469. The highest BCUT2D eigenvalue weighted by Crippen LogP contribution is 2.29. The van der Waals surface area contributed by atoms with Crippen molar-refractivity contribution in [1.29, 1.82) is 0 Å². The summed E-state index contributed by atoms with van der Waals surface area (Å²) in [6.45, 7) is 1.57. The molecule has 8 heteroatoms. The molecule has 0 unspecified atom stereocenters. The van der Waals surface area contributed by atoms with Gasteiger partial charge in [0.05, 0.1) is 16.8 Å². The van der Waals surface area contributed by atoms with Gasteiger partial charge in [0, 0.05) is 38.6 Å². The Kier molecular flexibility index (Phi) is 5.87. The number of ether oxygens (including phenoxy) is 1. The van der Waals surface area contributed by atoms with Gasteiger partial charge in [-0.05, 0) is 31.2 Å². The van der Waals surface area contributed by atoms with Crippen molar-refractivity contribution in [3.8, 4) is 5.75 Å². The first-order chi connectivity index (χ1) is 14.5. The monoisotopic (exact) mass is 439 g/mol. The van der Waals surface area contributed by atoms with Crippen molar-refractivity contribution >= 4 is 40.0 Å². The van der Waals surface area contributed by atoms with Crippen LogP contribution in [0.1, 0.15) is 27.2 Å². The lowest BCUT2D eigenvalue weighted by Crippen LogP contribution is -2.09. The zero-order valence-corrected chi connectivity index (χ0v) is 17.6. The van der Waals surface area contributed by atoms with E-state index in [1.54, 1.807) is 30.6 Å². The number of fused-ring (bicyclic) bond motifs is 1. The second-order valence-electron chi connectivity index (χ2n) is 6.52. The molecule has 0 radical (unpaired) electrons. The molecule has 2 heterocycles. The predicted molar refractivity (Wildman–Crippen MR) is 116 cm³/mol. The number of nitrogens with zero attached hydrogens (tertiary/aromatic N) is 1. The van der Waals surface area contributed by atoms with Crippen LogP contribution in [0.3, 0.4) is 0 Å². The summed E-state index contributed by atoms with van der Waals surface area (Å²) in [6, 6.07) is 11.7. The van der Waals surface area contributed by atoms with E-state index in [4.69, 9.17) is 9.15 Å². The number of rotatable bonds is 6. The SMILES string of the molecule is Cc1c(O)ccc2c(COC(=O)c3ccccc3SCc3cscn3)cc(=O)oc12. The van der Waals surface area contributed by atoms with Crippen LogP contribution in [0.4, 0.5) is 0 Å². The van der Waals surface area contributed by atoms with Crippen molar-refractivity contribution in [1.82, 2.24) is 4.98 Å². The van der Waals surface area contributed by atoms with E-state index >= 15 is 0 Å². The van der Waals surface area contributed by atoms with Gasteiger partial charge in [0.1, 0.15) is 17.9 Å². The van der Waals surface area contributed by atoms with Gasteiger partial charge in [-0.3, -0.25) is 0 Å². The Morgan fingerprint density at radius 2 is 2.10 bits per heavy atom. The number of benzene rings is 2. The maximum absolute atomic E-state index is 12.8. The van der Waals surface area contributed by atoms with E-state index in [1.165, 1.54) is 35.2 Å². The zero-order valence-electron chi connectivity index (χ0n) is 16.0. The molecule has 152 valence electrons. The molecule has 0 saturated carbocycles. The lowest BCUT2D eigenvalue weighted by atomic mass is 10.1. The van der Waals surface area contributed by atoms with Crippen LogP contribution in [-0.2, 0) is 17.1 Å². The summed E-state index contributed by atoms with van der Waals surface area (Å²) in [7, 11) is 0. The average molecular weight is 440 g/mol. The maximum atomic E-state index is 12.8. The number of aromatic hydroxyl groups is 1. The fourth-order valence-electron chi connectivity index (χ4n) is 2.98. The number of carbonyl (C=O) groups is 1. The van der Waals surface area contributed by atoms with Crippen molar-refractivity contribution in [2.75, 3.05) is 0 Å². The van der Waals surface area contributed by atoms with Crippen LogP contribution in [0.15, 0.2) is 67.5 Å². The van der Waals surface area contributed by atoms with Gasteiger partial charge in [-0.2, -0.15) is 0 Å². The first-order valence-corrected chi connectivity index (χ1v) is 11.0. The van der Waals surface area contributed by atoms with Gasteiger partial charge in [-0.25, -0.2) is 14.6 Å². The van der Waals surface area contributed by atoms with Crippen LogP contribution in [0.25, 0.3) is 11.0 Å². The molecule has 2 aromatic heterocycles. The molecule has 0 atom stereocenters. The number of esters is 1. The molecule has 0 spiro atoms. The summed E-state index contributed by atoms with van der Waals surface area (Å²) < 4.78 is 10.7. The van der Waals surface area contributed by atoms with E-state index in [9.17, 15) is 14.7 Å². The standard InChI is InChI=1S/C22H17NO5S2/c1-13-18(24)7-6-16-14(8-20(25)28-21(13)16)9-27-22(26)17-4-2-3-5-19(17)30-11-15-10-29-12-23-15/h2-8,10,12,24H,9,11H2,1H3. The molecule has 4 aromatic rings. The summed E-state index contributed by atoms with van der Waals surface area (Å²) >= 11 is 3.04. The molecule has 0 bridgehead atoms. The molecule has 0 fully saturated rings. The number of thiazole rings is 1. The third-order valence-electron chi connectivity index (χ3n) is 4.54. The van der Waals surface area contributed by atoms with Crippen molar-refractivity contribution in [3.63, 3.8) is 0 Å². The number of aryl methyl sites for hydroxylation is 1. The third-order valence-corrected chi connectivity index (χ3v) is 6.29. The van der Waals surface area contributed by atoms with Gasteiger partial charge in [0.25, 0.3) is 0 Å². The van der Waals surface area contributed by atoms with Crippen LogP contribution in [0, 0.1) is 6.92 Å². The minimum atomic E-state index is -0.568. The van der Waals surface area contributed by atoms with Crippen LogP contribution in [-0.4, -0.2) is 16.1 Å². The Bertz CT molecular complexity index is 1260. The molecular weight excluding hydrogens is 422 g/mol. The summed E-state index contributed by atoms with van der Waals surface area (Å²) in [5.41, 5.74) is 3.88. The van der Waals surface area contributed by atoms with E-state index in [1.807, 2.05) is 17.5 Å². The van der Waals surface area contributed by atoms with Crippen LogP contribution in [0.2, 0.25) is 0 Å². The Hall–Kier alpha value is -3.10. The van der Waals surface area contributed by atoms with Gasteiger partial charge >= 0.3 is 11.6 Å². The Morgan fingerprint density at radius 1 is 1.27 bits per heavy atom. The average Bonchev–Trinajstić information content (AvgIpc) is 3.27. The first-order valence-electron chi connectivity index (χ1n) is 9.04. The van der Waals surface area contributed by atoms with Crippen molar-refractivity contribution in [2.24, 2.45) is 0 Å². The highest BCUT2D eigenvalue weighted by molar-refractivity contribution is 7.98. The lowest BCUT2D eigenvalue weighted by Gasteiger charge is -2.11. The van der Waals surface area contributed by atoms with E-state index in [0.717, 1.165) is 10.6 Å². The molecule has 2 aromatic carbocycles. The molecule has 30 heavy (non-hydrogen) atoms. The van der Waals surface area contributed by atoms with Gasteiger partial charge in [0.2, 0.25) is 0 Å². The molecule has 4 rings (SSSR count). The topological polar surface area (TPSA) is 89.6 Å². The minimum absolute atomic E-state index is 0.0332.